The number of para-hydroxylation sites is 1. The summed E-state index contributed by atoms with van der Waals surface area (Å²) in [4.78, 5) is 1.03. The summed E-state index contributed by atoms with van der Waals surface area (Å²) in [6.45, 7) is -0.260. The zero-order valence-electron chi connectivity index (χ0n) is 11.7. The van der Waals surface area contributed by atoms with Crippen LogP contribution in [-0.2, 0) is 0 Å². The molecular formula is C15H15N3O2S2. The lowest BCUT2D eigenvalue weighted by molar-refractivity contribution is 0.113. The predicted octanol–water partition coefficient (Wildman–Crippen LogP) is 2.44. The van der Waals surface area contributed by atoms with Gasteiger partial charge in [-0.05, 0) is 23.6 Å². The predicted molar refractivity (Wildman–Crippen MR) is 88.5 cm³/mol. The number of thiophene rings is 1. The molecule has 1 aromatic carbocycles. The van der Waals surface area contributed by atoms with Crippen molar-refractivity contribution in [3.05, 3.63) is 47.8 Å². The average molecular weight is 333 g/mol. The third-order valence-electron chi connectivity index (χ3n) is 3.00. The molecule has 0 amide bonds. The number of benzene rings is 1. The molecule has 5 nitrogen and oxygen atoms in total. The summed E-state index contributed by atoms with van der Waals surface area (Å²) in [5, 5.41) is 29.7. The summed E-state index contributed by atoms with van der Waals surface area (Å²) in [7, 11) is 0. The Bertz CT molecular complexity index is 714. The highest BCUT2D eigenvalue weighted by atomic mass is 32.2. The third-order valence-corrected chi connectivity index (χ3v) is 4.94. The van der Waals surface area contributed by atoms with Gasteiger partial charge in [0.05, 0.1) is 17.6 Å². The number of rotatable bonds is 6. The lowest BCUT2D eigenvalue weighted by Crippen LogP contribution is -2.15. The Morgan fingerprint density at radius 3 is 2.64 bits per heavy atom. The smallest absolute Gasteiger partial charge is 0.196 e. The van der Waals surface area contributed by atoms with Gasteiger partial charge in [0.15, 0.2) is 11.0 Å². The number of aliphatic hydroxyl groups is 2. The van der Waals surface area contributed by atoms with Crippen LogP contribution in [0.3, 0.4) is 0 Å². The quantitative estimate of drug-likeness (QED) is 0.678. The fourth-order valence-electron chi connectivity index (χ4n) is 1.96. The Labute approximate surface area is 136 Å². The maximum atomic E-state index is 9.55. The van der Waals surface area contributed by atoms with Crippen LogP contribution in [0.1, 0.15) is 0 Å². The van der Waals surface area contributed by atoms with Crippen molar-refractivity contribution in [3.8, 4) is 16.4 Å². The topological polar surface area (TPSA) is 71.2 Å². The van der Waals surface area contributed by atoms with Gasteiger partial charge >= 0.3 is 0 Å². The van der Waals surface area contributed by atoms with Gasteiger partial charge in [0, 0.05) is 11.4 Å². The number of aromatic nitrogens is 3. The van der Waals surface area contributed by atoms with E-state index >= 15 is 0 Å². The first-order valence-electron chi connectivity index (χ1n) is 6.76. The van der Waals surface area contributed by atoms with E-state index in [-0.39, 0.29) is 6.61 Å². The van der Waals surface area contributed by atoms with Crippen LogP contribution in [0, 0.1) is 0 Å². The van der Waals surface area contributed by atoms with Crippen LogP contribution in [0.5, 0.6) is 0 Å². The maximum Gasteiger partial charge on any atom is 0.196 e. The van der Waals surface area contributed by atoms with E-state index in [2.05, 4.69) is 10.2 Å². The normalized spacial score (nSPS) is 12.5. The molecule has 3 aromatic rings. The van der Waals surface area contributed by atoms with Gasteiger partial charge in [0.2, 0.25) is 0 Å². The zero-order valence-corrected chi connectivity index (χ0v) is 13.3. The largest absolute Gasteiger partial charge is 0.394 e. The van der Waals surface area contributed by atoms with Gasteiger partial charge in [-0.15, -0.1) is 21.5 Å². The van der Waals surface area contributed by atoms with Crippen LogP contribution >= 0.6 is 23.1 Å². The minimum Gasteiger partial charge on any atom is -0.394 e. The second-order valence-electron chi connectivity index (χ2n) is 4.60. The molecule has 0 saturated carbocycles. The van der Waals surface area contributed by atoms with Crippen LogP contribution in [0.2, 0.25) is 0 Å². The van der Waals surface area contributed by atoms with E-state index in [1.165, 1.54) is 11.8 Å². The molecule has 0 spiro atoms. The molecule has 0 radical (unpaired) electrons. The number of aliphatic hydroxyl groups excluding tert-OH is 2. The number of hydrogen-bond acceptors (Lipinski definition) is 6. The summed E-state index contributed by atoms with van der Waals surface area (Å²) in [5.41, 5.74) is 0.969. The van der Waals surface area contributed by atoms with Crippen molar-refractivity contribution < 1.29 is 10.2 Å². The van der Waals surface area contributed by atoms with Crippen LogP contribution in [0.15, 0.2) is 53.0 Å². The lowest BCUT2D eigenvalue weighted by atomic mass is 10.3. The number of hydrogen-bond donors (Lipinski definition) is 2. The van der Waals surface area contributed by atoms with Crippen molar-refractivity contribution in [1.82, 2.24) is 14.8 Å². The summed E-state index contributed by atoms with van der Waals surface area (Å²) in [6.07, 6.45) is -0.767. The van der Waals surface area contributed by atoms with Gasteiger partial charge in [-0.1, -0.05) is 36.0 Å². The summed E-state index contributed by atoms with van der Waals surface area (Å²) >= 11 is 2.98. The van der Waals surface area contributed by atoms with Gasteiger partial charge in [0.1, 0.15) is 0 Å². The Morgan fingerprint density at radius 1 is 1.14 bits per heavy atom. The second-order valence-corrected chi connectivity index (χ2v) is 6.54. The van der Waals surface area contributed by atoms with E-state index in [0.717, 1.165) is 16.4 Å². The SMILES string of the molecule is OCC(O)CSc1nnc(-c2cccs2)n1-c1ccccc1. The lowest BCUT2D eigenvalue weighted by Gasteiger charge is -2.10. The Hall–Kier alpha value is -1.67. The fraction of sp³-hybridized carbons (Fsp3) is 0.200. The molecule has 22 heavy (non-hydrogen) atoms. The van der Waals surface area contributed by atoms with E-state index in [0.29, 0.717) is 10.9 Å². The molecule has 0 aliphatic heterocycles. The van der Waals surface area contributed by atoms with E-state index < -0.39 is 6.10 Å². The standard InChI is InChI=1S/C15H15N3O2S2/c19-9-12(20)10-22-15-17-16-14(13-7-4-8-21-13)18(15)11-5-2-1-3-6-11/h1-8,12,19-20H,9-10H2. The van der Waals surface area contributed by atoms with Crippen molar-refractivity contribution in [2.75, 3.05) is 12.4 Å². The van der Waals surface area contributed by atoms with E-state index in [1.807, 2.05) is 52.4 Å². The molecule has 0 bridgehead atoms. The molecule has 1 unspecified atom stereocenters. The van der Waals surface area contributed by atoms with Crippen LogP contribution < -0.4 is 0 Å². The molecule has 0 fully saturated rings. The summed E-state index contributed by atoms with van der Waals surface area (Å²) in [6, 6.07) is 13.9. The molecule has 1 atom stereocenters. The molecule has 0 aliphatic carbocycles. The van der Waals surface area contributed by atoms with Gasteiger partial charge < -0.3 is 10.2 Å². The molecule has 3 rings (SSSR count). The van der Waals surface area contributed by atoms with Crippen molar-refractivity contribution in [2.45, 2.75) is 11.3 Å². The van der Waals surface area contributed by atoms with E-state index in [1.54, 1.807) is 11.3 Å². The number of nitrogens with zero attached hydrogens (tertiary/aromatic N) is 3. The second kappa shape index (κ2) is 7.06. The van der Waals surface area contributed by atoms with E-state index in [9.17, 15) is 5.11 Å². The first-order valence-corrected chi connectivity index (χ1v) is 8.62. The van der Waals surface area contributed by atoms with E-state index in [4.69, 9.17) is 5.11 Å². The van der Waals surface area contributed by atoms with Crippen molar-refractivity contribution in [1.29, 1.82) is 0 Å². The monoisotopic (exact) mass is 333 g/mol. The zero-order chi connectivity index (χ0) is 15.4. The highest BCUT2D eigenvalue weighted by Gasteiger charge is 2.17. The summed E-state index contributed by atoms with van der Waals surface area (Å²) in [5.74, 6) is 1.15. The first-order chi connectivity index (χ1) is 10.8. The molecule has 0 saturated heterocycles. The molecule has 7 heteroatoms. The maximum absolute atomic E-state index is 9.55. The van der Waals surface area contributed by atoms with Crippen LogP contribution in [-0.4, -0.2) is 43.4 Å². The minimum atomic E-state index is -0.767. The fourth-order valence-corrected chi connectivity index (χ4v) is 3.53. The van der Waals surface area contributed by atoms with Crippen LogP contribution in [0.25, 0.3) is 16.4 Å². The van der Waals surface area contributed by atoms with Gasteiger partial charge in [0.25, 0.3) is 0 Å². The van der Waals surface area contributed by atoms with Crippen molar-refractivity contribution in [2.24, 2.45) is 0 Å². The molecular weight excluding hydrogens is 318 g/mol. The van der Waals surface area contributed by atoms with Crippen molar-refractivity contribution >= 4 is 23.1 Å². The minimum absolute atomic E-state index is 0.260. The summed E-state index contributed by atoms with van der Waals surface area (Å²) < 4.78 is 1.97. The Kier molecular flexibility index (Phi) is 4.89. The Balaban J connectivity index is 2.00. The van der Waals surface area contributed by atoms with Gasteiger partial charge in [-0.3, -0.25) is 4.57 Å². The first kappa shape index (κ1) is 15.2. The molecule has 2 heterocycles. The average Bonchev–Trinajstić information content (AvgIpc) is 3.22. The third kappa shape index (κ3) is 3.22. The highest BCUT2D eigenvalue weighted by Crippen LogP contribution is 2.30. The van der Waals surface area contributed by atoms with Gasteiger partial charge in [-0.25, -0.2) is 0 Å². The van der Waals surface area contributed by atoms with Crippen LogP contribution in [0.4, 0.5) is 0 Å². The molecule has 114 valence electrons. The number of thioether (sulfide) groups is 1. The van der Waals surface area contributed by atoms with Crippen molar-refractivity contribution in [3.63, 3.8) is 0 Å². The van der Waals surface area contributed by atoms with Gasteiger partial charge in [-0.2, -0.15) is 0 Å². The molecule has 0 aliphatic rings. The molecule has 2 aromatic heterocycles. The Morgan fingerprint density at radius 2 is 1.95 bits per heavy atom. The highest BCUT2D eigenvalue weighted by molar-refractivity contribution is 7.99. The molecule has 2 N–H and O–H groups in total.